The number of H-pyrrole nitrogens is 1. The number of fused-ring (bicyclic) bond motifs is 1. The highest BCUT2D eigenvalue weighted by molar-refractivity contribution is 6.30. The maximum Gasteiger partial charge on any atom is 0.231 e. The Bertz CT molecular complexity index is 861. The van der Waals surface area contributed by atoms with Crippen molar-refractivity contribution in [1.82, 2.24) is 15.0 Å². The summed E-state index contributed by atoms with van der Waals surface area (Å²) in [5, 5.41) is 4.92. The summed E-state index contributed by atoms with van der Waals surface area (Å²) >= 11 is 6.05. The topological polar surface area (TPSA) is 82.9 Å². The summed E-state index contributed by atoms with van der Waals surface area (Å²) in [6, 6.07) is 9.70. The van der Waals surface area contributed by atoms with Gasteiger partial charge in [0.1, 0.15) is 11.5 Å². The summed E-state index contributed by atoms with van der Waals surface area (Å²) in [4.78, 5) is 14.7. The SMILES string of the molecule is NC1CCCN(c2nc(Nc3cccc(Cl)c3)nc3[nH]ccc23)C1. The molecule has 4 N–H and O–H groups in total. The molecule has 6 nitrogen and oxygen atoms in total. The fraction of sp³-hybridized carbons (Fsp3) is 0.294. The van der Waals surface area contributed by atoms with E-state index in [0.717, 1.165) is 48.5 Å². The molecule has 0 radical (unpaired) electrons. The number of hydrogen-bond acceptors (Lipinski definition) is 5. The largest absolute Gasteiger partial charge is 0.354 e. The van der Waals surface area contributed by atoms with Crippen LogP contribution in [0.2, 0.25) is 5.02 Å². The first-order chi connectivity index (χ1) is 11.7. The second kappa shape index (κ2) is 6.30. The summed E-state index contributed by atoms with van der Waals surface area (Å²) in [6.07, 6.45) is 4.02. The number of nitrogens with zero attached hydrogens (tertiary/aromatic N) is 3. The average molecular weight is 343 g/mol. The number of rotatable bonds is 3. The third-order valence-electron chi connectivity index (χ3n) is 4.23. The van der Waals surface area contributed by atoms with E-state index in [1.54, 1.807) is 0 Å². The van der Waals surface area contributed by atoms with Crippen molar-refractivity contribution in [3.05, 3.63) is 41.6 Å². The van der Waals surface area contributed by atoms with Gasteiger partial charge in [-0.2, -0.15) is 9.97 Å². The highest BCUT2D eigenvalue weighted by Crippen LogP contribution is 2.28. The van der Waals surface area contributed by atoms with Crippen LogP contribution < -0.4 is 16.0 Å². The normalized spacial score (nSPS) is 18.1. The fourth-order valence-corrected chi connectivity index (χ4v) is 3.31. The van der Waals surface area contributed by atoms with Crippen LogP contribution in [0.25, 0.3) is 11.0 Å². The predicted octanol–water partition coefficient (Wildman–Crippen LogP) is 3.28. The van der Waals surface area contributed by atoms with Gasteiger partial charge in [-0.15, -0.1) is 0 Å². The molecule has 7 heteroatoms. The fourth-order valence-electron chi connectivity index (χ4n) is 3.12. The lowest BCUT2D eigenvalue weighted by molar-refractivity contribution is 0.504. The Morgan fingerprint density at radius 2 is 2.21 bits per heavy atom. The average Bonchev–Trinajstić information content (AvgIpc) is 3.02. The molecule has 1 aromatic carbocycles. The molecule has 0 bridgehead atoms. The number of aromatic amines is 1. The molecular formula is C17H19ClN6. The van der Waals surface area contributed by atoms with Crippen LogP contribution in [0.15, 0.2) is 36.5 Å². The number of hydrogen-bond donors (Lipinski definition) is 3. The zero-order valence-electron chi connectivity index (χ0n) is 13.2. The number of benzene rings is 1. The van der Waals surface area contributed by atoms with Crippen molar-refractivity contribution in [2.45, 2.75) is 18.9 Å². The van der Waals surface area contributed by atoms with Gasteiger partial charge in [0, 0.05) is 36.0 Å². The molecule has 1 aliphatic rings. The maximum atomic E-state index is 6.14. The van der Waals surface area contributed by atoms with Crippen LogP contribution >= 0.6 is 11.6 Å². The van der Waals surface area contributed by atoms with Gasteiger partial charge in [0.15, 0.2) is 0 Å². The van der Waals surface area contributed by atoms with Gasteiger partial charge < -0.3 is 20.9 Å². The summed E-state index contributed by atoms with van der Waals surface area (Å²) in [7, 11) is 0. The third-order valence-corrected chi connectivity index (χ3v) is 4.47. The molecule has 24 heavy (non-hydrogen) atoms. The van der Waals surface area contributed by atoms with Gasteiger partial charge in [-0.25, -0.2) is 0 Å². The quantitative estimate of drug-likeness (QED) is 0.680. The minimum absolute atomic E-state index is 0.187. The predicted molar refractivity (Wildman–Crippen MR) is 98.0 cm³/mol. The van der Waals surface area contributed by atoms with E-state index in [0.29, 0.717) is 11.0 Å². The molecule has 3 heterocycles. The van der Waals surface area contributed by atoms with Gasteiger partial charge in [0.25, 0.3) is 0 Å². The Balaban J connectivity index is 1.72. The molecule has 1 unspecified atom stereocenters. The monoisotopic (exact) mass is 342 g/mol. The third kappa shape index (κ3) is 3.02. The van der Waals surface area contributed by atoms with E-state index in [1.807, 2.05) is 36.5 Å². The number of aromatic nitrogens is 3. The summed E-state index contributed by atoms with van der Waals surface area (Å²) in [5.74, 6) is 1.46. The van der Waals surface area contributed by atoms with Crippen LogP contribution in [-0.4, -0.2) is 34.1 Å². The maximum absolute atomic E-state index is 6.14. The first kappa shape index (κ1) is 15.2. The molecule has 3 aromatic rings. The van der Waals surface area contributed by atoms with E-state index in [4.69, 9.17) is 22.3 Å². The summed E-state index contributed by atoms with van der Waals surface area (Å²) < 4.78 is 0. The Labute approximate surface area is 145 Å². The minimum atomic E-state index is 0.187. The minimum Gasteiger partial charge on any atom is -0.354 e. The molecule has 4 rings (SSSR count). The zero-order valence-corrected chi connectivity index (χ0v) is 13.9. The van der Waals surface area contributed by atoms with Gasteiger partial charge >= 0.3 is 0 Å². The van der Waals surface area contributed by atoms with Crippen molar-refractivity contribution in [3.63, 3.8) is 0 Å². The molecule has 2 aromatic heterocycles. The number of piperidine rings is 1. The number of halogens is 1. The number of nitrogens with two attached hydrogens (primary N) is 1. The lowest BCUT2D eigenvalue weighted by atomic mass is 10.1. The highest BCUT2D eigenvalue weighted by Gasteiger charge is 2.21. The van der Waals surface area contributed by atoms with Crippen LogP contribution in [0.3, 0.4) is 0 Å². The van der Waals surface area contributed by atoms with Gasteiger partial charge in [-0.1, -0.05) is 17.7 Å². The Kier molecular flexibility index (Phi) is 4.00. The van der Waals surface area contributed by atoms with Crippen molar-refractivity contribution in [2.75, 3.05) is 23.3 Å². The Hall–Kier alpha value is -2.31. The molecule has 0 spiro atoms. The van der Waals surface area contributed by atoms with E-state index in [1.165, 1.54) is 0 Å². The van der Waals surface area contributed by atoms with Crippen LogP contribution in [-0.2, 0) is 0 Å². The lowest BCUT2D eigenvalue weighted by Crippen LogP contribution is -2.43. The first-order valence-corrected chi connectivity index (χ1v) is 8.45. The summed E-state index contributed by atoms with van der Waals surface area (Å²) in [6.45, 7) is 1.77. The van der Waals surface area contributed by atoms with Crippen LogP contribution in [0, 0.1) is 0 Å². The van der Waals surface area contributed by atoms with Crippen molar-refractivity contribution in [1.29, 1.82) is 0 Å². The summed E-state index contributed by atoms with van der Waals surface area (Å²) in [5.41, 5.74) is 7.80. The first-order valence-electron chi connectivity index (χ1n) is 8.07. The van der Waals surface area contributed by atoms with E-state index < -0.39 is 0 Å². The molecule has 0 aliphatic carbocycles. The van der Waals surface area contributed by atoms with Crippen LogP contribution in [0.1, 0.15) is 12.8 Å². The lowest BCUT2D eigenvalue weighted by Gasteiger charge is -2.32. The Morgan fingerprint density at radius 3 is 3.04 bits per heavy atom. The van der Waals surface area contributed by atoms with Crippen LogP contribution in [0.5, 0.6) is 0 Å². The van der Waals surface area contributed by atoms with Crippen LogP contribution in [0.4, 0.5) is 17.5 Å². The smallest absolute Gasteiger partial charge is 0.231 e. The second-order valence-corrected chi connectivity index (χ2v) is 6.53. The second-order valence-electron chi connectivity index (χ2n) is 6.09. The van der Waals surface area contributed by atoms with Crippen molar-refractivity contribution >= 4 is 40.1 Å². The molecule has 0 saturated carbocycles. The standard InChI is InChI=1S/C17H19ClN6/c18-11-3-1-5-13(9-11)21-17-22-15-14(6-7-20-15)16(23-17)24-8-2-4-12(19)10-24/h1,3,5-7,9,12H,2,4,8,10,19H2,(H2,20,21,22,23). The molecule has 1 atom stereocenters. The van der Waals surface area contributed by atoms with Gasteiger partial charge in [0.05, 0.1) is 5.39 Å². The van der Waals surface area contributed by atoms with Crippen molar-refractivity contribution in [2.24, 2.45) is 5.73 Å². The molecule has 1 fully saturated rings. The highest BCUT2D eigenvalue weighted by atomic mass is 35.5. The van der Waals surface area contributed by atoms with Crippen molar-refractivity contribution in [3.8, 4) is 0 Å². The van der Waals surface area contributed by atoms with Gasteiger partial charge in [-0.3, -0.25) is 0 Å². The van der Waals surface area contributed by atoms with Gasteiger partial charge in [0.2, 0.25) is 5.95 Å². The molecule has 124 valence electrons. The zero-order chi connectivity index (χ0) is 16.5. The molecule has 1 aliphatic heterocycles. The Morgan fingerprint density at radius 1 is 1.29 bits per heavy atom. The van der Waals surface area contributed by atoms with E-state index in [2.05, 4.69) is 20.2 Å². The van der Waals surface area contributed by atoms with E-state index in [-0.39, 0.29) is 6.04 Å². The van der Waals surface area contributed by atoms with E-state index >= 15 is 0 Å². The molecular weight excluding hydrogens is 324 g/mol. The van der Waals surface area contributed by atoms with Crippen molar-refractivity contribution < 1.29 is 0 Å². The van der Waals surface area contributed by atoms with E-state index in [9.17, 15) is 0 Å². The number of anilines is 3. The molecule has 1 saturated heterocycles. The van der Waals surface area contributed by atoms with Gasteiger partial charge in [-0.05, 0) is 37.1 Å². The number of nitrogens with one attached hydrogen (secondary N) is 2. The molecule has 0 amide bonds.